The number of rotatable bonds is 2. The minimum atomic E-state index is -1.60. The third-order valence-corrected chi connectivity index (χ3v) is 2.91. The van der Waals surface area contributed by atoms with E-state index in [1.54, 1.807) is 18.2 Å². The van der Waals surface area contributed by atoms with Gasteiger partial charge in [-0.1, -0.05) is 31.3 Å². The van der Waals surface area contributed by atoms with Crippen LogP contribution in [0.5, 0.6) is 5.75 Å². The molecule has 18 heavy (non-hydrogen) atoms. The van der Waals surface area contributed by atoms with Crippen LogP contribution >= 0.6 is 0 Å². The first-order valence-corrected chi connectivity index (χ1v) is 9.12. The summed E-state index contributed by atoms with van der Waals surface area (Å²) in [6.07, 6.45) is 0.668. The Bertz CT molecular complexity index is 530. The summed E-state index contributed by atoms with van der Waals surface area (Å²) in [6.45, 7) is 7.98. The van der Waals surface area contributed by atoms with E-state index in [4.69, 9.17) is 4.74 Å². The van der Waals surface area contributed by atoms with Crippen LogP contribution in [-0.4, -0.2) is 20.3 Å². The van der Waals surface area contributed by atoms with E-state index in [0.717, 1.165) is 5.56 Å². The average molecular weight is 260 g/mol. The Labute approximate surface area is 108 Å². The Kier molecular flexibility index (Phi) is 4.46. The molecule has 0 N–H and O–H groups in total. The highest BCUT2D eigenvalue weighted by Crippen LogP contribution is 2.18. The van der Waals surface area contributed by atoms with Crippen molar-refractivity contribution in [3.8, 4) is 17.2 Å². The molecule has 0 aliphatic carbocycles. The Balaban J connectivity index is 2.88. The van der Waals surface area contributed by atoms with E-state index < -0.39 is 14.0 Å². The van der Waals surface area contributed by atoms with E-state index in [9.17, 15) is 9.59 Å². The lowest BCUT2D eigenvalue weighted by Gasteiger charge is -2.05. The standard InChI is InChI=1S/C14H16O3Si/c1-11-5-6-13(12(9-11)10-15)17-14(16)7-8-18(2,3)4/h5-6,9-10H,1-4H3. The van der Waals surface area contributed by atoms with E-state index in [0.29, 0.717) is 11.8 Å². The van der Waals surface area contributed by atoms with Crippen LogP contribution < -0.4 is 4.74 Å². The van der Waals surface area contributed by atoms with Gasteiger partial charge < -0.3 is 4.74 Å². The third kappa shape index (κ3) is 4.56. The molecule has 0 heterocycles. The number of carbonyl (C=O) groups is 2. The van der Waals surface area contributed by atoms with Gasteiger partial charge in [0.2, 0.25) is 0 Å². The monoisotopic (exact) mass is 260 g/mol. The zero-order chi connectivity index (χ0) is 13.8. The minimum absolute atomic E-state index is 0.255. The minimum Gasteiger partial charge on any atom is -0.416 e. The molecular weight excluding hydrogens is 244 g/mol. The Morgan fingerprint density at radius 1 is 1.33 bits per heavy atom. The van der Waals surface area contributed by atoms with Gasteiger partial charge in [-0.05, 0) is 19.1 Å². The fourth-order valence-corrected chi connectivity index (χ4v) is 1.69. The molecule has 0 saturated heterocycles. The molecule has 1 aromatic carbocycles. The van der Waals surface area contributed by atoms with Crippen molar-refractivity contribution in [1.29, 1.82) is 0 Å². The van der Waals surface area contributed by atoms with Crippen LogP contribution in [0, 0.1) is 18.4 Å². The van der Waals surface area contributed by atoms with Crippen molar-refractivity contribution in [2.75, 3.05) is 0 Å². The van der Waals surface area contributed by atoms with Crippen LogP contribution in [0.4, 0.5) is 0 Å². The molecule has 0 fully saturated rings. The lowest BCUT2D eigenvalue weighted by atomic mass is 10.1. The van der Waals surface area contributed by atoms with Crippen molar-refractivity contribution in [2.24, 2.45) is 0 Å². The Morgan fingerprint density at radius 2 is 2.00 bits per heavy atom. The summed E-state index contributed by atoms with van der Waals surface area (Å²) in [6, 6.07) is 5.05. The van der Waals surface area contributed by atoms with E-state index in [1.807, 2.05) is 26.6 Å². The number of aryl methyl sites for hydroxylation is 1. The molecule has 94 valence electrons. The largest absolute Gasteiger partial charge is 0.416 e. The molecule has 0 atom stereocenters. The molecule has 0 radical (unpaired) electrons. The predicted octanol–water partition coefficient (Wildman–Crippen LogP) is 2.59. The molecular formula is C14H16O3Si. The Morgan fingerprint density at radius 3 is 2.56 bits per heavy atom. The van der Waals surface area contributed by atoms with Crippen LogP contribution in [0.3, 0.4) is 0 Å². The predicted molar refractivity (Wildman–Crippen MR) is 73.3 cm³/mol. The topological polar surface area (TPSA) is 43.4 Å². The van der Waals surface area contributed by atoms with Gasteiger partial charge in [0.25, 0.3) is 0 Å². The first-order valence-electron chi connectivity index (χ1n) is 5.62. The molecule has 0 aromatic heterocycles. The number of esters is 1. The lowest BCUT2D eigenvalue weighted by Crippen LogP contribution is -2.18. The zero-order valence-electron chi connectivity index (χ0n) is 11.0. The van der Waals surface area contributed by atoms with Crippen molar-refractivity contribution in [2.45, 2.75) is 26.6 Å². The molecule has 0 spiro atoms. The molecule has 0 aliphatic rings. The summed E-state index contributed by atoms with van der Waals surface area (Å²) in [7, 11) is -1.60. The summed E-state index contributed by atoms with van der Waals surface area (Å²) >= 11 is 0. The number of hydrogen-bond donors (Lipinski definition) is 0. The summed E-state index contributed by atoms with van der Waals surface area (Å²) in [5.74, 6) is 2.11. The molecule has 0 bridgehead atoms. The van der Waals surface area contributed by atoms with E-state index >= 15 is 0 Å². The van der Waals surface area contributed by atoms with Gasteiger partial charge in [-0.15, -0.1) is 5.54 Å². The second-order valence-electron chi connectivity index (χ2n) is 5.05. The van der Waals surface area contributed by atoms with Gasteiger partial charge in [0.05, 0.1) is 5.56 Å². The van der Waals surface area contributed by atoms with Crippen LogP contribution in [-0.2, 0) is 4.79 Å². The molecule has 4 heteroatoms. The van der Waals surface area contributed by atoms with Crippen LogP contribution in [0.2, 0.25) is 19.6 Å². The quantitative estimate of drug-likeness (QED) is 0.270. The number of benzene rings is 1. The number of ether oxygens (including phenoxy) is 1. The number of carbonyl (C=O) groups excluding carboxylic acids is 2. The van der Waals surface area contributed by atoms with E-state index in [1.165, 1.54) is 0 Å². The van der Waals surface area contributed by atoms with Crippen LogP contribution in [0.1, 0.15) is 15.9 Å². The normalized spacial score (nSPS) is 10.2. The van der Waals surface area contributed by atoms with Gasteiger partial charge in [0.15, 0.2) is 6.29 Å². The summed E-state index contributed by atoms with van der Waals surface area (Å²) < 4.78 is 5.07. The SMILES string of the molecule is Cc1ccc(OC(=O)C#C[Si](C)(C)C)c(C=O)c1. The lowest BCUT2D eigenvalue weighted by molar-refractivity contribution is -0.128. The molecule has 1 aromatic rings. The van der Waals surface area contributed by atoms with Gasteiger partial charge in [0.1, 0.15) is 13.8 Å². The van der Waals surface area contributed by atoms with Crippen molar-refractivity contribution in [1.82, 2.24) is 0 Å². The first-order chi connectivity index (χ1) is 8.31. The fourth-order valence-electron chi connectivity index (χ4n) is 1.22. The average Bonchev–Trinajstić information content (AvgIpc) is 2.28. The molecule has 0 aliphatic heterocycles. The maximum absolute atomic E-state index is 11.5. The van der Waals surface area contributed by atoms with Gasteiger partial charge in [-0.3, -0.25) is 4.79 Å². The van der Waals surface area contributed by atoms with Crippen molar-refractivity contribution >= 4 is 20.3 Å². The van der Waals surface area contributed by atoms with Gasteiger partial charge >= 0.3 is 5.97 Å². The van der Waals surface area contributed by atoms with Gasteiger partial charge in [0, 0.05) is 5.92 Å². The molecule has 3 nitrogen and oxygen atoms in total. The Hall–Kier alpha value is -1.86. The van der Waals surface area contributed by atoms with Crippen LogP contribution in [0.15, 0.2) is 18.2 Å². The highest BCUT2D eigenvalue weighted by Gasteiger charge is 2.10. The highest BCUT2D eigenvalue weighted by atomic mass is 28.3. The zero-order valence-corrected chi connectivity index (χ0v) is 12.0. The molecule has 0 saturated carbocycles. The molecule has 0 amide bonds. The smallest absolute Gasteiger partial charge is 0.389 e. The highest BCUT2D eigenvalue weighted by molar-refractivity contribution is 6.84. The maximum Gasteiger partial charge on any atom is 0.389 e. The summed E-state index contributed by atoms with van der Waals surface area (Å²) in [4.78, 5) is 22.4. The number of aldehydes is 1. The van der Waals surface area contributed by atoms with E-state index in [2.05, 4.69) is 11.5 Å². The second kappa shape index (κ2) is 5.65. The van der Waals surface area contributed by atoms with Crippen molar-refractivity contribution in [3.63, 3.8) is 0 Å². The number of hydrogen-bond acceptors (Lipinski definition) is 3. The maximum atomic E-state index is 11.5. The van der Waals surface area contributed by atoms with Crippen LogP contribution in [0.25, 0.3) is 0 Å². The summed E-state index contributed by atoms with van der Waals surface area (Å²) in [5.41, 5.74) is 4.21. The van der Waals surface area contributed by atoms with Crippen molar-refractivity contribution < 1.29 is 14.3 Å². The fraction of sp³-hybridized carbons (Fsp3) is 0.286. The van der Waals surface area contributed by atoms with E-state index in [-0.39, 0.29) is 5.75 Å². The van der Waals surface area contributed by atoms with Gasteiger partial charge in [-0.2, -0.15) is 0 Å². The van der Waals surface area contributed by atoms with Crippen molar-refractivity contribution in [3.05, 3.63) is 29.3 Å². The molecule has 0 unspecified atom stereocenters. The first kappa shape index (κ1) is 14.2. The third-order valence-electron chi connectivity index (χ3n) is 2.03. The second-order valence-corrected chi connectivity index (χ2v) is 9.80. The van der Waals surface area contributed by atoms with Gasteiger partial charge in [-0.25, -0.2) is 4.79 Å². The summed E-state index contributed by atoms with van der Waals surface area (Å²) in [5, 5.41) is 0. The molecule has 1 rings (SSSR count).